The fourth-order valence-electron chi connectivity index (χ4n) is 6.54. The number of carboxylic acid groups (broad SMARTS) is 1. The van der Waals surface area contributed by atoms with Crippen molar-refractivity contribution in [2.75, 3.05) is 19.7 Å². The van der Waals surface area contributed by atoms with Crippen LogP contribution in [0.4, 0.5) is 8.78 Å². The quantitative estimate of drug-likeness (QED) is 0.185. The molecule has 2 aliphatic rings. The van der Waals surface area contributed by atoms with Gasteiger partial charge in [0.15, 0.2) is 0 Å². The molecule has 1 aliphatic heterocycles. The number of hydrogen-bond donors (Lipinski definition) is 1. The highest BCUT2D eigenvalue weighted by molar-refractivity contribution is 7.18. The van der Waals surface area contributed by atoms with Gasteiger partial charge >= 0.3 is 5.97 Å². The molecule has 1 saturated carbocycles. The van der Waals surface area contributed by atoms with Gasteiger partial charge in [-0.2, -0.15) is 5.26 Å². The highest BCUT2D eigenvalue weighted by Gasteiger charge is 2.48. The van der Waals surface area contributed by atoms with Crippen molar-refractivity contribution in [3.8, 4) is 28.8 Å². The minimum absolute atomic E-state index is 0.0101. The van der Waals surface area contributed by atoms with Crippen molar-refractivity contribution in [2.24, 2.45) is 0 Å². The monoisotopic (exact) mass is 706 g/mol. The number of hydrogen-bond acceptors (Lipinski definition) is 10. The van der Waals surface area contributed by atoms with Gasteiger partial charge in [0.25, 0.3) is 11.5 Å². The molecule has 2 fully saturated rings. The predicted octanol–water partition coefficient (Wildman–Crippen LogP) is 6.32. The lowest BCUT2D eigenvalue weighted by Crippen LogP contribution is -2.54. The van der Waals surface area contributed by atoms with E-state index in [1.165, 1.54) is 28.3 Å². The summed E-state index contributed by atoms with van der Waals surface area (Å²) in [6.07, 6.45) is 3.62. The zero-order chi connectivity index (χ0) is 34.4. The van der Waals surface area contributed by atoms with Gasteiger partial charge in [-0.05, 0) is 44.0 Å². The number of aromatic nitrogens is 4. The molecule has 0 bridgehead atoms. The van der Waals surface area contributed by atoms with Crippen molar-refractivity contribution in [3.63, 3.8) is 0 Å². The molecule has 11 nitrogen and oxygen atoms in total. The molecule has 1 saturated heterocycles. The number of benzene rings is 1. The number of alkyl halides is 2. The Balaban J connectivity index is 1.10. The fraction of sp³-hybridized carbons (Fsp3) is 0.353. The Labute approximate surface area is 287 Å². The van der Waals surface area contributed by atoms with E-state index in [2.05, 4.69) is 25.9 Å². The van der Waals surface area contributed by atoms with Gasteiger partial charge in [0.05, 0.1) is 39.4 Å². The van der Waals surface area contributed by atoms with Crippen molar-refractivity contribution in [3.05, 3.63) is 74.4 Å². The lowest BCUT2D eigenvalue weighted by Gasteiger charge is -2.45. The van der Waals surface area contributed by atoms with Gasteiger partial charge in [-0.3, -0.25) is 19.2 Å². The normalized spacial score (nSPS) is 16.8. The zero-order valence-corrected chi connectivity index (χ0v) is 27.7. The summed E-state index contributed by atoms with van der Waals surface area (Å²) in [5.74, 6) is -2.73. The number of carbonyl (C=O) groups is 1. The number of nitriles is 1. The van der Waals surface area contributed by atoms with Crippen LogP contribution in [0, 0.1) is 18.3 Å². The summed E-state index contributed by atoms with van der Waals surface area (Å²) in [6, 6.07) is 8.84. The second-order valence-corrected chi connectivity index (χ2v) is 13.5. The summed E-state index contributed by atoms with van der Waals surface area (Å²) in [4.78, 5) is 40.8. The van der Waals surface area contributed by atoms with Gasteiger partial charge in [-0.1, -0.05) is 11.6 Å². The molecule has 5 aromatic rings. The summed E-state index contributed by atoms with van der Waals surface area (Å²) >= 11 is 7.61. The summed E-state index contributed by atoms with van der Waals surface area (Å²) in [7, 11) is 0. The first kappa shape index (κ1) is 32.8. The van der Waals surface area contributed by atoms with E-state index in [-0.39, 0.29) is 66.0 Å². The van der Waals surface area contributed by atoms with Gasteiger partial charge in [-0.25, -0.2) is 23.5 Å². The van der Waals surface area contributed by atoms with Gasteiger partial charge in [0, 0.05) is 59.7 Å². The van der Waals surface area contributed by atoms with Crippen LogP contribution in [0.2, 0.25) is 5.02 Å². The number of thiophene rings is 1. The van der Waals surface area contributed by atoms with Gasteiger partial charge in [-0.15, -0.1) is 11.3 Å². The Morgan fingerprint density at radius 3 is 2.69 bits per heavy atom. The number of carboxylic acids is 1. The molecule has 1 aromatic carbocycles. The van der Waals surface area contributed by atoms with Crippen LogP contribution in [0.25, 0.3) is 32.2 Å². The maximum absolute atomic E-state index is 13.9. The Hall–Kier alpha value is -4.71. The number of nitrogens with zero attached hydrogens (tertiary/aromatic N) is 6. The lowest BCUT2D eigenvalue weighted by atomic mass is 9.85. The van der Waals surface area contributed by atoms with Crippen LogP contribution in [-0.2, 0) is 6.54 Å². The molecule has 15 heteroatoms. The molecule has 0 spiro atoms. The van der Waals surface area contributed by atoms with Crippen molar-refractivity contribution >= 4 is 50.0 Å². The third-order valence-corrected chi connectivity index (χ3v) is 10.3. The molecule has 1 aliphatic carbocycles. The highest BCUT2D eigenvalue weighted by Crippen LogP contribution is 2.42. The SMILES string of the molecule is Cc1nc2cnc(OC3CCN(C4CC(F)(F)C4)CC3)c(C#N)c2c(=O)n1CCOc1ccc(Cl)cc1-c1ccnc2c(C(=O)O)csc12. The molecule has 0 radical (unpaired) electrons. The molecule has 0 unspecified atom stereocenters. The molecule has 7 rings (SSSR count). The maximum Gasteiger partial charge on any atom is 0.338 e. The number of fused-ring (bicyclic) bond motifs is 2. The van der Waals surface area contributed by atoms with Gasteiger partial charge in [0.2, 0.25) is 5.88 Å². The number of likely N-dealkylation sites (tertiary alicyclic amines) is 1. The molecular weight excluding hydrogens is 678 g/mol. The van der Waals surface area contributed by atoms with E-state index in [9.17, 15) is 28.7 Å². The number of piperidine rings is 1. The van der Waals surface area contributed by atoms with Crippen LogP contribution < -0.4 is 15.0 Å². The molecule has 252 valence electrons. The van der Waals surface area contributed by atoms with Crippen LogP contribution in [0.1, 0.15) is 47.4 Å². The van der Waals surface area contributed by atoms with Crippen molar-refractivity contribution in [1.29, 1.82) is 5.26 Å². The smallest absolute Gasteiger partial charge is 0.338 e. The van der Waals surface area contributed by atoms with Crippen LogP contribution in [0.15, 0.2) is 46.8 Å². The number of halogens is 3. The largest absolute Gasteiger partial charge is 0.491 e. The van der Waals surface area contributed by atoms with Crippen molar-refractivity contribution in [1.82, 2.24) is 24.4 Å². The third kappa shape index (κ3) is 6.29. The number of aromatic carboxylic acids is 1. The maximum atomic E-state index is 13.9. The Bertz CT molecular complexity index is 2200. The van der Waals surface area contributed by atoms with Crippen molar-refractivity contribution < 1.29 is 28.2 Å². The van der Waals surface area contributed by atoms with E-state index < -0.39 is 17.5 Å². The van der Waals surface area contributed by atoms with E-state index in [0.29, 0.717) is 63.9 Å². The van der Waals surface area contributed by atoms with Crippen LogP contribution in [-0.4, -0.2) is 73.3 Å². The average Bonchev–Trinajstić information content (AvgIpc) is 3.51. The minimum atomic E-state index is -2.58. The van der Waals surface area contributed by atoms with Gasteiger partial charge < -0.3 is 14.6 Å². The predicted molar refractivity (Wildman–Crippen MR) is 179 cm³/mol. The van der Waals surface area contributed by atoms with E-state index in [4.69, 9.17) is 21.1 Å². The number of ether oxygens (including phenoxy) is 2. The number of aryl methyl sites for hydroxylation is 1. The summed E-state index contributed by atoms with van der Waals surface area (Å²) < 4.78 is 41.1. The summed E-state index contributed by atoms with van der Waals surface area (Å²) in [5.41, 5.74) is 1.62. The topological polar surface area (TPSA) is 143 Å². The zero-order valence-electron chi connectivity index (χ0n) is 26.2. The standard InChI is InChI=1S/C34H29ClF2N6O5S/c1-18-41-26-16-40-31(48-21-5-8-42(9-6-21)20-13-34(36,37)14-20)24(15-38)28(26)32(44)43(18)10-11-47-27-3-2-19(35)12-23(27)22-4-7-39-29-25(33(45)46)17-49-30(22)29/h2-4,7,12,16-17,20-21H,5-6,8-11,13-14H2,1H3,(H,45,46). The fourth-order valence-corrected chi connectivity index (χ4v) is 7.74. The first-order chi connectivity index (χ1) is 23.5. The molecular formula is C34H29ClF2N6O5S. The summed E-state index contributed by atoms with van der Waals surface area (Å²) in [6.45, 7) is 3.05. The Morgan fingerprint density at radius 1 is 1.20 bits per heavy atom. The third-order valence-electron chi connectivity index (χ3n) is 9.10. The van der Waals surface area contributed by atoms with Crippen LogP contribution in [0.3, 0.4) is 0 Å². The second-order valence-electron chi connectivity index (χ2n) is 12.2. The second kappa shape index (κ2) is 13.0. The van der Waals surface area contributed by atoms with Crippen LogP contribution >= 0.6 is 22.9 Å². The highest BCUT2D eigenvalue weighted by atomic mass is 35.5. The molecule has 4 aromatic heterocycles. The number of rotatable bonds is 9. The minimum Gasteiger partial charge on any atom is -0.491 e. The van der Waals surface area contributed by atoms with E-state index in [1.54, 1.807) is 36.6 Å². The average molecular weight is 707 g/mol. The van der Waals surface area contributed by atoms with E-state index in [0.717, 1.165) is 0 Å². The molecule has 0 amide bonds. The number of pyridine rings is 2. The van der Waals surface area contributed by atoms with E-state index >= 15 is 0 Å². The lowest BCUT2D eigenvalue weighted by molar-refractivity contribution is -0.129. The molecule has 0 atom stereocenters. The molecule has 5 heterocycles. The van der Waals surface area contributed by atoms with E-state index in [1.807, 2.05) is 0 Å². The Kier molecular flexibility index (Phi) is 8.68. The van der Waals surface area contributed by atoms with Crippen molar-refractivity contribution in [2.45, 2.75) is 57.2 Å². The Morgan fingerprint density at radius 2 is 1.98 bits per heavy atom. The first-order valence-electron chi connectivity index (χ1n) is 15.6. The summed E-state index contributed by atoms with van der Waals surface area (Å²) in [5, 5.41) is 21.8. The first-order valence-corrected chi connectivity index (χ1v) is 16.9. The molecule has 49 heavy (non-hydrogen) atoms. The molecule has 1 N–H and O–H groups in total. The van der Waals surface area contributed by atoms with Gasteiger partial charge in [0.1, 0.15) is 35.9 Å². The van der Waals surface area contributed by atoms with Crippen LogP contribution in [0.5, 0.6) is 11.6 Å².